The van der Waals surface area contributed by atoms with E-state index in [1.54, 1.807) is 19.3 Å². The molecule has 0 saturated carbocycles. The van der Waals surface area contributed by atoms with E-state index in [2.05, 4.69) is 9.97 Å². The van der Waals surface area contributed by atoms with Gasteiger partial charge in [-0.2, -0.15) is 0 Å². The molecule has 5 nitrogen and oxygen atoms in total. The zero-order valence-corrected chi connectivity index (χ0v) is 10.9. The Balaban J connectivity index is 2.16. The molecule has 0 radical (unpaired) electrons. The average molecular weight is 246 g/mol. The molecule has 18 heavy (non-hydrogen) atoms. The van der Waals surface area contributed by atoms with Gasteiger partial charge in [0.05, 0.1) is 12.6 Å². The molecular formula is C13H18N4O. The molecule has 2 aromatic heterocycles. The maximum Gasteiger partial charge on any atom is 0.128 e. The summed E-state index contributed by atoms with van der Waals surface area (Å²) < 4.78 is 1.98. The van der Waals surface area contributed by atoms with Crippen LogP contribution < -0.4 is 4.90 Å². The summed E-state index contributed by atoms with van der Waals surface area (Å²) in [5, 5.41) is 9.57. The second-order valence-electron chi connectivity index (χ2n) is 4.43. The lowest BCUT2D eigenvalue weighted by Gasteiger charge is -2.18. The molecule has 1 unspecified atom stereocenters. The van der Waals surface area contributed by atoms with Crippen molar-refractivity contribution >= 4 is 5.82 Å². The molecule has 0 spiro atoms. The molecule has 0 aliphatic heterocycles. The number of hydrogen-bond donors (Lipinski definition) is 1. The Hall–Kier alpha value is -1.88. The predicted octanol–water partition coefficient (Wildman–Crippen LogP) is 1.50. The maximum absolute atomic E-state index is 9.57. The van der Waals surface area contributed by atoms with E-state index >= 15 is 0 Å². The number of rotatable bonds is 4. The lowest BCUT2D eigenvalue weighted by Crippen LogP contribution is -2.20. The summed E-state index contributed by atoms with van der Waals surface area (Å²) in [4.78, 5) is 10.6. The molecule has 0 bridgehead atoms. The van der Waals surface area contributed by atoms with Crippen molar-refractivity contribution in [3.8, 4) is 0 Å². The van der Waals surface area contributed by atoms with Crippen molar-refractivity contribution in [1.29, 1.82) is 0 Å². The number of hydrogen-bond acceptors (Lipinski definition) is 4. The molecule has 5 heteroatoms. The van der Waals surface area contributed by atoms with Gasteiger partial charge in [0.1, 0.15) is 11.6 Å². The summed E-state index contributed by atoms with van der Waals surface area (Å²) in [6.45, 7) is 2.43. The van der Waals surface area contributed by atoms with Gasteiger partial charge in [-0.15, -0.1) is 0 Å². The van der Waals surface area contributed by atoms with E-state index in [0.29, 0.717) is 6.54 Å². The quantitative estimate of drug-likeness (QED) is 0.888. The van der Waals surface area contributed by atoms with E-state index in [0.717, 1.165) is 17.2 Å². The van der Waals surface area contributed by atoms with E-state index in [1.165, 1.54) is 0 Å². The number of nitrogens with zero attached hydrogens (tertiary/aromatic N) is 4. The highest BCUT2D eigenvalue weighted by atomic mass is 16.3. The van der Waals surface area contributed by atoms with Crippen LogP contribution in [0.25, 0.3) is 0 Å². The molecule has 0 aromatic carbocycles. The molecule has 2 heterocycles. The number of aromatic nitrogens is 3. The number of anilines is 1. The van der Waals surface area contributed by atoms with Crippen LogP contribution in [0.3, 0.4) is 0 Å². The fourth-order valence-electron chi connectivity index (χ4n) is 1.74. The number of aliphatic hydroxyl groups excluding tert-OH is 1. The van der Waals surface area contributed by atoms with Crippen LogP contribution in [-0.4, -0.2) is 26.7 Å². The first-order valence-corrected chi connectivity index (χ1v) is 5.89. The van der Waals surface area contributed by atoms with Crippen LogP contribution in [0.5, 0.6) is 0 Å². The molecule has 1 N–H and O–H groups in total. The highest BCUT2D eigenvalue weighted by Crippen LogP contribution is 2.18. The van der Waals surface area contributed by atoms with Gasteiger partial charge in [-0.25, -0.2) is 9.97 Å². The molecule has 96 valence electrons. The standard InChI is InChI=1S/C13H18N4O/c1-10(18)11-4-5-14-12(8-11)17(3)9-13-15-6-7-16(13)2/h4-8,10,18H,9H2,1-3H3. The summed E-state index contributed by atoms with van der Waals surface area (Å²) in [5.74, 6) is 1.80. The Bertz CT molecular complexity index is 521. The van der Waals surface area contributed by atoms with Crippen LogP contribution in [0.2, 0.25) is 0 Å². The minimum absolute atomic E-state index is 0.478. The van der Waals surface area contributed by atoms with Crippen molar-refractivity contribution < 1.29 is 5.11 Å². The van der Waals surface area contributed by atoms with Gasteiger partial charge in [-0.05, 0) is 24.6 Å². The molecule has 0 amide bonds. The van der Waals surface area contributed by atoms with Crippen molar-refractivity contribution in [2.24, 2.45) is 7.05 Å². The van der Waals surface area contributed by atoms with Gasteiger partial charge in [0.15, 0.2) is 0 Å². The van der Waals surface area contributed by atoms with E-state index < -0.39 is 6.10 Å². The highest BCUT2D eigenvalue weighted by Gasteiger charge is 2.09. The second-order valence-corrected chi connectivity index (χ2v) is 4.43. The Labute approximate surface area is 107 Å². The minimum atomic E-state index is -0.478. The predicted molar refractivity (Wildman–Crippen MR) is 70.2 cm³/mol. The summed E-state index contributed by atoms with van der Waals surface area (Å²) in [6, 6.07) is 3.72. The monoisotopic (exact) mass is 246 g/mol. The number of aliphatic hydroxyl groups is 1. The SMILES string of the molecule is CC(O)c1ccnc(N(C)Cc2nccn2C)c1. The molecule has 2 aromatic rings. The number of aryl methyl sites for hydroxylation is 1. The van der Waals surface area contributed by atoms with Gasteiger partial charge >= 0.3 is 0 Å². The summed E-state index contributed by atoms with van der Waals surface area (Å²) >= 11 is 0. The van der Waals surface area contributed by atoms with Crippen LogP contribution >= 0.6 is 0 Å². The molecule has 0 aliphatic rings. The zero-order chi connectivity index (χ0) is 13.1. The maximum atomic E-state index is 9.57. The fraction of sp³-hybridized carbons (Fsp3) is 0.385. The lowest BCUT2D eigenvalue weighted by atomic mass is 10.2. The highest BCUT2D eigenvalue weighted by molar-refractivity contribution is 5.40. The van der Waals surface area contributed by atoms with Crippen molar-refractivity contribution in [1.82, 2.24) is 14.5 Å². The average Bonchev–Trinajstić information content (AvgIpc) is 2.75. The van der Waals surface area contributed by atoms with Crippen LogP contribution in [0, 0.1) is 0 Å². The van der Waals surface area contributed by atoms with Gasteiger partial charge in [0.2, 0.25) is 0 Å². The van der Waals surface area contributed by atoms with E-state index in [4.69, 9.17) is 0 Å². The largest absolute Gasteiger partial charge is 0.389 e. The van der Waals surface area contributed by atoms with Crippen molar-refractivity contribution in [2.75, 3.05) is 11.9 Å². The van der Waals surface area contributed by atoms with E-state index in [1.807, 2.05) is 41.9 Å². The molecule has 0 aliphatic carbocycles. The number of imidazole rings is 1. The first-order chi connectivity index (χ1) is 8.58. The third-order valence-corrected chi connectivity index (χ3v) is 2.94. The molecular weight excluding hydrogens is 228 g/mol. The van der Waals surface area contributed by atoms with Gasteiger partial charge in [0, 0.05) is 32.7 Å². The summed E-state index contributed by atoms with van der Waals surface area (Å²) in [7, 11) is 3.93. The molecule has 0 saturated heterocycles. The van der Waals surface area contributed by atoms with E-state index in [9.17, 15) is 5.11 Å². The summed E-state index contributed by atoms with van der Waals surface area (Å²) in [5.41, 5.74) is 0.867. The Kier molecular flexibility index (Phi) is 3.62. The van der Waals surface area contributed by atoms with Crippen LogP contribution in [0.1, 0.15) is 24.4 Å². The third kappa shape index (κ3) is 2.68. The second kappa shape index (κ2) is 5.18. The Morgan fingerprint density at radius 1 is 1.39 bits per heavy atom. The van der Waals surface area contributed by atoms with Crippen molar-refractivity contribution in [3.63, 3.8) is 0 Å². The van der Waals surface area contributed by atoms with Crippen molar-refractivity contribution in [2.45, 2.75) is 19.6 Å². The first-order valence-electron chi connectivity index (χ1n) is 5.89. The minimum Gasteiger partial charge on any atom is -0.389 e. The smallest absolute Gasteiger partial charge is 0.128 e. The van der Waals surface area contributed by atoms with Crippen LogP contribution in [0.15, 0.2) is 30.7 Å². The summed E-state index contributed by atoms with van der Waals surface area (Å²) in [6.07, 6.45) is 4.94. The number of pyridine rings is 1. The van der Waals surface area contributed by atoms with Gasteiger partial charge < -0.3 is 14.6 Å². The molecule has 0 fully saturated rings. The van der Waals surface area contributed by atoms with Gasteiger partial charge in [-0.3, -0.25) is 0 Å². The molecule has 2 rings (SSSR count). The van der Waals surface area contributed by atoms with Gasteiger partial charge in [-0.1, -0.05) is 0 Å². The zero-order valence-electron chi connectivity index (χ0n) is 10.9. The van der Waals surface area contributed by atoms with E-state index in [-0.39, 0.29) is 0 Å². The first kappa shape index (κ1) is 12.6. The van der Waals surface area contributed by atoms with Crippen molar-refractivity contribution in [3.05, 3.63) is 42.1 Å². The Morgan fingerprint density at radius 2 is 2.17 bits per heavy atom. The Morgan fingerprint density at radius 3 is 2.78 bits per heavy atom. The molecule has 1 atom stereocenters. The lowest BCUT2D eigenvalue weighted by molar-refractivity contribution is 0.199. The topological polar surface area (TPSA) is 54.2 Å². The normalized spacial score (nSPS) is 12.4. The third-order valence-electron chi connectivity index (χ3n) is 2.94. The fourth-order valence-corrected chi connectivity index (χ4v) is 1.74. The van der Waals surface area contributed by atoms with Crippen LogP contribution in [0.4, 0.5) is 5.82 Å². The van der Waals surface area contributed by atoms with Gasteiger partial charge in [0.25, 0.3) is 0 Å². The van der Waals surface area contributed by atoms with Crippen LogP contribution in [-0.2, 0) is 13.6 Å².